The molecule has 94 valence electrons. The summed E-state index contributed by atoms with van der Waals surface area (Å²) < 4.78 is 0. The number of nitrogens with zero attached hydrogens (tertiary/aromatic N) is 2. The molecule has 0 aliphatic heterocycles. The van der Waals surface area contributed by atoms with Gasteiger partial charge in [-0.1, -0.05) is 13.3 Å². The number of carbonyl (C=O) groups excluding carboxylic acids is 1. The van der Waals surface area contributed by atoms with Crippen LogP contribution in [0.5, 0.6) is 0 Å². The quantitative estimate of drug-likeness (QED) is 0.803. The van der Waals surface area contributed by atoms with E-state index in [0.717, 1.165) is 18.2 Å². The van der Waals surface area contributed by atoms with Crippen LogP contribution in [0.15, 0.2) is 24.4 Å². The molecule has 0 saturated heterocycles. The maximum Gasteiger partial charge on any atom is 0.255 e. The van der Waals surface area contributed by atoms with E-state index < -0.39 is 0 Å². The van der Waals surface area contributed by atoms with Crippen LogP contribution in [0.2, 0.25) is 0 Å². The van der Waals surface area contributed by atoms with Gasteiger partial charge in [0.2, 0.25) is 0 Å². The first-order valence-corrected chi connectivity index (χ1v) is 6.02. The lowest BCUT2D eigenvalue weighted by atomic mass is 10.2. The third kappa shape index (κ3) is 2.56. The SMILES string of the molecule is CCCCNC(=O)c1cc2cccnc2nc1N. The van der Waals surface area contributed by atoms with Crippen LogP contribution in [0.1, 0.15) is 30.1 Å². The van der Waals surface area contributed by atoms with E-state index in [0.29, 0.717) is 17.8 Å². The van der Waals surface area contributed by atoms with Gasteiger partial charge in [0.25, 0.3) is 5.91 Å². The molecule has 0 unspecified atom stereocenters. The lowest BCUT2D eigenvalue weighted by Crippen LogP contribution is -2.25. The van der Waals surface area contributed by atoms with Gasteiger partial charge in [-0.3, -0.25) is 4.79 Å². The number of fused-ring (bicyclic) bond motifs is 1. The summed E-state index contributed by atoms with van der Waals surface area (Å²) >= 11 is 0. The summed E-state index contributed by atoms with van der Waals surface area (Å²) in [5.74, 6) is 0.0365. The van der Waals surface area contributed by atoms with Crippen molar-refractivity contribution in [2.45, 2.75) is 19.8 Å². The average molecular weight is 244 g/mol. The lowest BCUT2D eigenvalue weighted by Gasteiger charge is -2.07. The van der Waals surface area contributed by atoms with E-state index in [1.165, 1.54) is 0 Å². The second-order valence-corrected chi connectivity index (χ2v) is 4.08. The van der Waals surface area contributed by atoms with E-state index in [-0.39, 0.29) is 11.7 Å². The maximum absolute atomic E-state index is 11.9. The fourth-order valence-corrected chi connectivity index (χ4v) is 1.68. The molecule has 0 aliphatic rings. The standard InChI is InChI=1S/C13H16N4O/c1-2-3-6-16-13(18)10-8-9-5-4-7-15-12(9)17-11(10)14/h4-5,7-8H,2-3,6H2,1H3,(H,16,18)(H2,14,15,17). The molecule has 0 fully saturated rings. The number of nitrogen functional groups attached to an aromatic ring is 1. The number of nitrogens with one attached hydrogen (secondary N) is 1. The van der Waals surface area contributed by atoms with Gasteiger partial charge in [-0.05, 0) is 24.6 Å². The second kappa shape index (κ2) is 5.44. The van der Waals surface area contributed by atoms with Crippen LogP contribution >= 0.6 is 0 Å². The molecule has 2 aromatic rings. The molecule has 0 radical (unpaired) electrons. The van der Waals surface area contributed by atoms with Crippen molar-refractivity contribution in [1.82, 2.24) is 15.3 Å². The number of carbonyl (C=O) groups is 1. The Morgan fingerprint density at radius 1 is 1.50 bits per heavy atom. The molecule has 1 amide bonds. The number of amides is 1. The Morgan fingerprint density at radius 3 is 3.11 bits per heavy atom. The highest BCUT2D eigenvalue weighted by Crippen LogP contribution is 2.16. The van der Waals surface area contributed by atoms with Crippen LogP contribution in [0.25, 0.3) is 11.0 Å². The highest BCUT2D eigenvalue weighted by Gasteiger charge is 2.11. The van der Waals surface area contributed by atoms with E-state index in [1.807, 2.05) is 6.07 Å². The number of rotatable bonds is 4. The minimum absolute atomic E-state index is 0.181. The summed E-state index contributed by atoms with van der Waals surface area (Å²) in [7, 11) is 0. The van der Waals surface area contributed by atoms with Crippen LogP contribution in [-0.2, 0) is 0 Å². The third-order valence-corrected chi connectivity index (χ3v) is 2.68. The number of anilines is 1. The first-order valence-electron chi connectivity index (χ1n) is 6.02. The Kier molecular flexibility index (Phi) is 3.72. The van der Waals surface area contributed by atoms with Crippen molar-refractivity contribution in [3.05, 3.63) is 30.0 Å². The molecular weight excluding hydrogens is 228 g/mol. The summed E-state index contributed by atoms with van der Waals surface area (Å²) in [4.78, 5) is 20.2. The zero-order chi connectivity index (χ0) is 13.0. The van der Waals surface area contributed by atoms with E-state index in [2.05, 4.69) is 22.2 Å². The van der Waals surface area contributed by atoms with Crippen LogP contribution in [0.4, 0.5) is 5.82 Å². The van der Waals surface area contributed by atoms with Gasteiger partial charge in [-0.2, -0.15) is 0 Å². The fourth-order valence-electron chi connectivity index (χ4n) is 1.68. The van der Waals surface area contributed by atoms with Crippen molar-refractivity contribution < 1.29 is 4.79 Å². The van der Waals surface area contributed by atoms with Gasteiger partial charge < -0.3 is 11.1 Å². The normalized spacial score (nSPS) is 10.5. The molecule has 0 atom stereocenters. The Labute approximate surface area is 105 Å². The van der Waals surface area contributed by atoms with E-state index >= 15 is 0 Å². The molecule has 2 heterocycles. The number of aromatic nitrogens is 2. The summed E-state index contributed by atoms with van der Waals surface area (Å²) in [5.41, 5.74) is 6.74. The lowest BCUT2D eigenvalue weighted by molar-refractivity contribution is 0.0954. The Hall–Kier alpha value is -2.17. The van der Waals surface area contributed by atoms with Crippen LogP contribution in [-0.4, -0.2) is 22.4 Å². The van der Waals surface area contributed by atoms with Crippen LogP contribution in [0, 0.1) is 0 Å². The molecule has 5 nitrogen and oxygen atoms in total. The van der Waals surface area contributed by atoms with Crippen LogP contribution in [0.3, 0.4) is 0 Å². The number of nitrogens with two attached hydrogens (primary N) is 1. The van der Waals surface area contributed by atoms with Gasteiger partial charge in [0, 0.05) is 18.1 Å². The van der Waals surface area contributed by atoms with Gasteiger partial charge in [0.1, 0.15) is 5.82 Å². The summed E-state index contributed by atoms with van der Waals surface area (Å²) in [5, 5.41) is 3.64. The molecule has 18 heavy (non-hydrogen) atoms. The average Bonchev–Trinajstić information content (AvgIpc) is 2.38. The number of pyridine rings is 2. The molecule has 0 saturated carbocycles. The smallest absolute Gasteiger partial charge is 0.255 e. The van der Waals surface area contributed by atoms with E-state index in [1.54, 1.807) is 18.3 Å². The molecule has 2 aromatic heterocycles. The summed E-state index contributed by atoms with van der Waals surface area (Å²) in [6, 6.07) is 5.39. The van der Waals surface area contributed by atoms with Crippen molar-refractivity contribution in [1.29, 1.82) is 0 Å². The Bertz CT molecular complexity index is 568. The van der Waals surface area contributed by atoms with Gasteiger partial charge in [-0.25, -0.2) is 9.97 Å². The number of unbranched alkanes of at least 4 members (excludes halogenated alkanes) is 1. The van der Waals surface area contributed by atoms with Crippen molar-refractivity contribution in [2.75, 3.05) is 12.3 Å². The summed E-state index contributed by atoms with van der Waals surface area (Å²) in [6.45, 7) is 2.73. The molecule has 5 heteroatoms. The molecule has 0 bridgehead atoms. The second-order valence-electron chi connectivity index (χ2n) is 4.08. The van der Waals surface area contributed by atoms with Crippen molar-refractivity contribution in [2.24, 2.45) is 0 Å². The maximum atomic E-state index is 11.9. The Balaban J connectivity index is 2.27. The Morgan fingerprint density at radius 2 is 2.33 bits per heavy atom. The molecule has 3 N–H and O–H groups in total. The van der Waals surface area contributed by atoms with Gasteiger partial charge in [0.15, 0.2) is 5.65 Å². The van der Waals surface area contributed by atoms with Crippen molar-refractivity contribution in [3.63, 3.8) is 0 Å². The fraction of sp³-hybridized carbons (Fsp3) is 0.308. The van der Waals surface area contributed by atoms with Crippen molar-refractivity contribution >= 4 is 22.8 Å². The van der Waals surface area contributed by atoms with Gasteiger partial charge in [0.05, 0.1) is 5.56 Å². The summed E-state index contributed by atoms with van der Waals surface area (Å²) in [6.07, 6.45) is 3.64. The van der Waals surface area contributed by atoms with Gasteiger partial charge in [-0.15, -0.1) is 0 Å². The largest absolute Gasteiger partial charge is 0.383 e. The first-order chi connectivity index (χ1) is 8.72. The van der Waals surface area contributed by atoms with Gasteiger partial charge >= 0.3 is 0 Å². The first kappa shape index (κ1) is 12.3. The minimum atomic E-state index is -0.181. The third-order valence-electron chi connectivity index (χ3n) is 2.68. The molecule has 0 aliphatic carbocycles. The zero-order valence-corrected chi connectivity index (χ0v) is 10.3. The van der Waals surface area contributed by atoms with Crippen LogP contribution < -0.4 is 11.1 Å². The highest BCUT2D eigenvalue weighted by atomic mass is 16.1. The minimum Gasteiger partial charge on any atom is -0.383 e. The molecule has 0 aromatic carbocycles. The molecule has 0 spiro atoms. The predicted octanol–water partition coefficient (Wildman–Crippen LogP) is 1.74. The number of hydrogen-bond acceptors (Lipinski definition) is 4. The molecular formula is C13H16N4O. The highest BCUT2D eigenvalue weighted by molar-refractivity contribution is 6.01. The monoisotopic (exact) mass is 244 g/mol. The number of hydrogen-bond donors (Lipinski definition) is 2. The van der Waals surface area contributed by atoms with Crippen molar-refractivity contribution in [3.8, 4) is 0 Å². The van der Waals surface area contributed by atoms with E-state index in [4.69, 9.17) is 5.73 Å². The predicted molar refractivity (Wildman–Crippen MR) is 71.2 cm³/mol. The topological polar surface area (TPSA) is 80.9 Å². The zero-order valence-electron chi connectivity index (χ0n) is 10.3. The van der Waals surface area contributed by atoms with E-state index in [9.17, 15) is 4.79 Å². The molecule has 2 rings (SSSR count).